The fourth-order valence-corrected chi connectivity index (χ4v) is 4.86. The van der Waals surface area contributed by atoms with Crippen LogP contribution in [0.1, 0.15) is 43.0 Å². The summed E-state index contributed by atoms with van der Waals surface area (Å²) in [6.45, 7) is 2.31. The summed E-state index contributed by atoms with van der Waals surface area (Å²) in [6, 6.07) is 7.52. The van der Waals surface area contributed by atoms with Crippen LogP contribution in [0.4, 0.5) is 18.9 Å². The van der Waals surface area contributed by atoms with E-state index in [1.807, 2.05) is 0 Å². The number of hydrogen-bond donors (Lipinski definition) is 3. The molecule has 37 heavy (non-hydrogen) atoms. The SMILES string of the molecule is CCC(OC)C(=O)N1Cc2cc(S(=O)(=O)NC)ccc2C1C(=O)Nc1ccc(C(C)(O)C(F)(F)F)cc1. The quantitative estimate of drug-likeness (QED) is 0.470. The Hall–Kier alpha value is -3.00. The lowest BCUT2D eigenvalue weighted by Crippen LogP contribution is -2.42. The van der Waals surface area contributed by atoms with Crippen molar-refractivity contribution in [1.29, 1.82) is 0 Å². The summed E-state index contributed by atoms with van der Waals surface area (Å²) >= 11 is 0. The van der Waals surface area contributed by atoms with Crippen molar-refractivity contribution in [3.8, 4) is 0 Å². The molecule has 13 heteroatoms. The molecule has 0 spiro atoms. The standard InChI is InChI=1S/C24H28F3N3O6S/c1-5-19(36-4)22(32)30-13-14-12-17(37(34,35)28-3)10-11-18(14)20(30)21(31)29-16-8-6-15(7-9-16)23(2,33)24(25,26)27/h6-12,19-20,28,33H,5,13H2,1-4H3,(H,29,31). The van der Waals surface area contributed by atoms with Gasteiger partial charge in [0.15, 0.2) is 5.60 Å². The molecule has 3 rings (SSSR count). The van der Waals surface area contributed by atoms with Crippen molar-refractivity contribution in [1.82, 2.24) is 9.62 Å². The Morgan fingerprint density at radius 1 is 1.19 bits per heavy atom. The van der Waals surface area contributed by atoms with Crippen LogP contribution >= 0.6 is 0 Å². The van der Waals surface area contributed by atoms with Crippen LogP contribution in [0.25, 0.3) is 0 Å². The van der Waals surface area contributed by atoms with Gasteiger partial charge in [-0.2, -0.15) is 13.2 Å². The molecule has 0 radical (unpaired) electrons. The number of aliphatic hydroxyl groups is 1. The van der Waals surface area contributed by atoms with Gasteiger partial charge in [-0.1, -0.05) is 25.1 Å². The molecule has 9 nitrogen and oxygen atoms in total. The van der Waals surface area contributed by atoms with Crippen molar-refractivity contribution in [2.45, 2.75) is 55.6 Å². The van der Waals surface area contributed by atoms with Gasteiger partial charge in [-0.05, 0) is 61.3 Å². The van der Waals surface area contributed by atoms with Crippen molar-refractivity contribution < 1.29 is 41.0 Å². The molecule has 1 aliphatic rings. The molecule has 3 N–H and O–H groups in total. The second-order valence-corrected chi connectivity index (χ2v) is 10.6. The molecular weight excluding hydrogens is 515 g/mol. The van der Waals surface area contributed by atoms with E-state index in [-0.39, 0.29) is 17.1 Å². The van der Waals surface area contributed by atoms with Crippen molar-refractivity contribution in [2.24, 2.45) is 0 Å². The first kappa shape index (κ1) is 28.6. The number of alkyl halides is 3. The Morgan fingerprint density at radius 3 is 2.32 bits per heavy atom. The number of nitrogens with one attached hydrogen (secondary N) is 2. The van der Waals surface area contributed by atoms with Gasteiger partial charge >= 0.3 is 6.18 Å². The minimum absolute atomic E-state index is 0.0340. The van der Waals surface area contributed by atoms with E-state index in [0.717, 1.165) is 12.1 Å². The molecule has 2 amide bonds. The highest BCUT2D eigenvalue weighted by Gasteiger charge is 2.51. The zero-order valence-corrected chi connectivity index (χ0v) is 21.4. The van der Waals surface area contributed by atoms with Gasteiger partial charge in [0.25, 0.3) is 11.8 Å². The van der Waals surface area contributed by atoms with E-state index in [1.165, 1.54) is 49.4 Å². The highest BCUT2D eigenvalue weighted by atomic mass is 32.2. The summed E-state index contributed by atoms with van der Waals surface area (Å²) in [7, 11) is -1.15. The van der Waals surface area contributed by atoms with Gasteiger partial charge in [0.2, 0.25) is 10.0 Å². The third-order valence-electron chi connectivity index (χ3n) is 6.37. The molecule has 0 saturated heterocycles. The first-order valence-corrected chi connectivity index (χ1v) is 12.8. The predicted molar refractivity (Wildman–Crippen MR) is 128 cm³/mol. The number of sulfonamides is 1. The first-order chi connectivity index (χ1) is 17.2. The van der Waals surface area contributed by atoms with Crippen LogP contribution in [0.5, 0.6) is 0 Å². The van der Waals surface area contributed by atoms with Gasteiger partial charge in [0.1, 0.15) is 12.1 Å². The van der Waals surface area contributed by atoms with Crippen LogP contribution in [0.15, 0.2) is 47.4 Å². The van der Waals surface area contributed by atoms with E-state index in [0.29, 0.717) is 24.5 Å². The number of nitrogens with zero attached hydrogens (tertiary/aromatic N) is 1. The van der Waals surface area contributed by atoms with Gasteiger partial charge in [-0.15, -0.1) is 0 Å². The number of anilines is 1. The van der Waals surface area contributed by atoms with Gasteiger partial charge in [-0.3, -0.25) is 9.59 Å². The lowest BCUT2D eigenvalue weighted by Gasteiger charge is -2.28. The number of amides is 2. The number of benzene rings is 2. The number of ether oxygens (including phenoxy) is 1. The normalized spacial score (nSPS) is 18.2. The average Bonchev–Trinajstić information content (AvgIpc) is 3.23. The topological polar surface area (TPSA) is 125 Å². The molecule has 2 aromatic carbocycles. The minimum atomic E-state index is -4.90. The second-order valence-electron chi connectivity index (χ2n) is 8.71. The maximum Gasteiger partial charge on any atom is 0.421 e. The Kier molecular flexibility index (Phi) is 8.03. The monoisotopic (exact) mass is 543 g/mol. The number of hydrogen-bond acceptors (Lipinski definition) is 6. The van der Waals surface area contributed by atoms with Gasteiger partial charge in [0.05, 0.1) is 4.90 Å². The predicted octanol–water partition coefficient (Wildman–Crippen LogP) is 2.81. The van der Waals surface area contributed by atoms with Gasteiger partial charge in [-0.25, -0.2) is 13.1 Å². The summed E-state index contributed by atoms with van der Waals surface area (Å²) in [5, 5.41) is 12.4. The van der Waals surface area contributed by atoms with E-state index < -0.39 is 51.3 Å². The van der Waals surface area contributed by atoms with Gasteiger partial charge < -0.3 is 20.1 Å². The van der Waals surface area contributed by atoms with E-state index in [4.69, 9.17) is 4.74 Å². The number of rotatable bonds is 8. The van der Waals surface area contributed by atoms with E-state index in [2.05, 4.69) is 10.0 Å². The summed E-state index contributed by atoms with van der Waals surface area (Å²) in [5.74, 6) is -1.13. The fourth-order valence-electron chi connectivity index (χ4n) is 4.08. The Labute approximate surface area is 212 Å². The Balaban J connectivity index is 1.96. The average molecular weight is 544 g/mol. The number of fused-ring (bicyclic) bond motifs is 1. The lowest BCUT2D eigenvalue weighted by atomic mass is 9.95. The molecule has 2 aromatic rings. The molecule has 0 saturated carbocycles. The third-order valence-corrected chi connectivity index (χ3v) is 7.78. The van der Waals surface area contributed by atoms with E-state index in [1.54, 1.807) is 6.92 Å². The molecular formula is C24H28F3N3O6S. The third kappa shape index (κ3) is 5.49. The maximum absolute atomic E-state index is 13.4. The molecule has 1 heterocycles. The van der Waals surface area contributed by atoms with Crippen molar-refractivity contribution in [2.75, 3.05) is 19.5 Å². The highest BCUT2D eigenvalue weighted by molar-refractivity contribution is 7.89. The van der Waals surface area contributed by atoms with Crippen LogP contribution in [0, 0.1) is 0 Å². The molecule has 1 aliphatic heterocycles. The molecule has 3 unspecified atom stereocenters. The fraction of sp³-hybridized carbons (Fsp3) is 0.417. The zero-order chi connectivity index (χ0) is 27.8. The number of halogens is 3. The number of methoxy groups -OCH3 is 1. The van der Waals surface area contributed by atoms with E-state index in [9.17, 15) is 36.3 Å². The lowest BCUT2D eigenvalue weighted by molar-refractivity contribution is -0.258. The molecule has 0 aliphatic carbocycles. The summed E-state index contributed by atoms with van der Waals surface area (Å²) in [6.07, 6.45) is -5.41. The molecule has 0 fully saturated rings. The van der Waals surface area contributed by atoms with Gasteiger partial charge in [0, 0.05) is 19.3 Å². The maximum atomic E-state index is 13.4. The zero-order valence-electron chi connectivity index (χ0n) is 20.6. The minimum Gasteiger partial charge on any atom is -0.376 e. The Bertz CT molecular complexity index is 1280. The molecule has 202 valence electrons. The van der Waals surface area contributed by atoms with Crippen LogP contribution in [-0.2, 0) is 36.5 Å². The largest absolute Gasteiger partial charge is 0.421 e. The summed E-state index contributed by atoms with van der Waals surface area (Å²) in [4.78, 5) is 27.8. The van der Waals surface area contributed by atoms with Crippen molar-refractivity contribution in [3.05, 3.63) is 59.2 Å². The van der Waals surface area contributed by atoms with Crippen LogP contribution < -0.4 is 10.0 Å². The second kappa shape index (κ2) is 10.4. The van der Waals surface area contributed by atoms with Crippen molar-refractivity contribution >= 4 is 27.5 Å². The number of carbonyl (C=O) groups is 2. The van der Waals surface area contributed by atoms with E-state index >= 15 is 0 Å². The molecule has 0 aromatic heterocycles. The van der Waals surface area contributed by atoms with Crippen molar-refractivity contribution in [3.63, 3.8) is 0 Å². The smallest absolute Gasteiger partial charge is 0.376 e. The van der Waals surface area contributed by atoms with Crippen LogP contribution in [0.3, 0.4) is 0 Å². The summed E-state index contributed by atoms with van der Waals surface area (Å²) < 4.78 is 71.4. The first-order valence-electron chi connectivity index (χ1n) is 11.3. The van der Waals surface area contributed by atoms with Crippen LogP contribution in [-0.4, -0.2) is 56.7 Å². The molecule has 3 atom stereocenters. The molecule has 0 bridgehead atoms. The number of carbonyl (C=O) groups excluding carboxylic acids is 2. The van der Waals surface area contributed by atoms with Crippen LogP contribution in [0.2, 0.25) is 0 Å². The highest BCUT2D eigenvalue weighted by Crippen LogP contribution is 2.39. The summed E-state index contributed by atoms with van der Waals surface area (Å²) in [5.41, 5.74) is -2.49. The Morgan fingerprint density at radius 2 is 1.81 bits per heavy atom.